The highest BCUT2D eigenvalue weighted by molar-refractivity contribution is 5.83. The highest BCUT2D eigenvalue weighted by Gasteiger charge is 2.28. The lowest BCUT2D eigenvalue weighted by Crippen LogP contribution is -2.26. The zero-order valence-electron chi connectivity index (χ0n) is 11.0. The minimum atomic E-state index is 0.183. The second-order valence-corrected chi connectivity index (χ2v) is 5.21. The third-order valence-corrected chi connectivity index (χ3v) is 4.07. The molecule has 2 heteroatoms. The average Bonchev–Trinajstić information content (AvgIpc) is 2.35. The van der Waals surface area contributed by atoms with Crippen molar-refractivity contribution in [3.63, 3.8) is 0 Å². The van der Waals surface area contributed by atoms with Crippen LogP contribution in [-0.4, -0.2) is 19.5 Å². The molecule has 1 saturated carbocycles. The minimum Gasteiger partial charge on any atom is -0.385 e. The van der Waals surface area contributed by atoms with E-state index >= 15 is 0 Å². The van der Waals surface area contributed by atoms with Gasteiger partial charge in [0.15, 0.2) is 0 Å². The SMILES string of the molecule is CCC1CCC(C(=O)C(C)CCOC)CC1. The molecule has 0 radical (unpaired) electrons. The van der Waals surface area contributed by atoms with Crippen molar-refractivity contribution < 1.29 is 9.53 Å². The minimum absolute atomic E-state index is 0.183. The standard InChI is InChI=1S/C14H26O2/c1-4-12-5-7-13(8-6-12)14(15)11(2)9-10-16-3/h11-13H,4-10H2,1-3H3. The van der Waals surface area contributed by atoms with Crippen molar-refractivity contribution in [3.8, 4) is 0 Å². The van der Waals surface area contributed by atoms with Gasteiger partial charge in [-0.2, -0.15) is 0 Å². The predicted molar refractivity (Wildman–Crippen MR) is 66.4 cm³/mol. The van der Waals surface area contributed by atoms with Gasteiger partial charge in [0.2, 0.25) is 0 Å². The lowest BCUT2D eigenvalue weighted by Gasteiger charge is -2.28. The lowest BCUT2D eigenvalue weighted by atomic mass is 9.76. The van der Waals surface area contributed by atoms with E-state index in [1.54, 1.807) is 7.11 Å². The Balaban J connectivity index is 2.32. The topological polar surface area (TPSA) is 26.3 Å². The van der Waals surface area contributed by atoms with Gasteiger partial charge in [-0.05, 0) is 38.0 Å². The molecule has 1 unspecified atom stereocenters. The van der Waals surface area contributed by atoms with Crippen LogP contribution in [0.1, 0.15) is 52.4 Å². The summed E-state index contributed by atoms with van der Waals surface area (Å²) in [6.45, 7) is 5.01. The number of carbonyl (C=O) groups is 1. The summed E-state index contributed by atoms with van der Waals surface area (Å²) in [7, 11) is 1.70. The highest BCUT2D eigenvalue weighted by atomic mass is 16.5. The van der Waals surface area contributed by atoms with Gasteiger partial charge in [-0.3, -0.25) is 4.79 Å². The highest BCUT2D eigenvalue weighted by Crippen LogP contribution is 2.32. The van der Waals surface area contributed by atoms with Crippen LogP contribution in [0.2, 0.25) is 0 Å². The first kappa shape index (κ1) is 13.7. The van der Waals surface area contributed by atoms with Crippen LogP contribution in [0, 0.1) is 17.8 Å². The number of hydrogen-bond acceptors (Lipinski definition) is 2. The van der Waals surface area contributed by atoms with Crippen molar-refractivity contribution in [2.75, 3.05) is 13.7 Å². The number of carbonyl (C=O) groups excluding carboxylic acids is 1. The molecule has 1 fully saturated rings. The first-order chi connectivity index (χ1) is 7.69. The van der Waals surface area contributed by atoms with E-state index in [0.717, 1.165) is 25.2 Å². The molecule has 1 aliphatic carbocycles. The Morgan fingerprint density at radius 3 is 2.44 bits per heavy atom. The van der Waals surface area contributed by atoms with Crippen LogP contribution in [0.4, 0.5) is 0 Å². The quantitative estimate of drug-likeness (QED) is 0.693. The molecular formula is C14H26O2. The van der Waals surface area contributed by atoms with E-state index < -0.39 is 0 Å². The second kappa shape index (κ2) is 7.05. The van der Waals surface area contributed by atoms with Crippen LogP contribution in [0.25, 0.3) is 0 Å². The van der Waals surface area contributed by atoms with Crippen molar-refractivity contribution in [3.05, 3.63) is 0 Å². The van der Waals surface area contributed by atoms with Crippen molar-refractivity contribution >= 4 is 5.78 Å². The van der Waals surface area contributed by atoms with Gasteiger partial charge in [0.1, 0.15) is 5.78 Å². The predicted octanol–water partition coefficient (Wildman–Crippen LogP) is 3.44. The summed E-state index contributed by atoms with van der Waals surface area (Å²) < 4.78 is 5.03. The number of ketones is 1. The van der Waals surface area contributed by atoms with Crippen LogP contribution < -0.4 is 0 Å². The van der Waals surface area contributed by atoms with E-state index in [2.05, 4.69) is 6.92 Å². The van der Waals surface area contributed by atoms with Gasteiger partial charge in [-0.1, -0.05) is 20.3 Å². The van der Waals surface area contributed by atoms with E-state index in [-0.39, 0.29) is 5.92 Å². The summed E-state index contributed by atoms with van der Waals surface area (Å²) in [6, 6.07) is 0. The van der Waals surface area contributed by atoms with Crippen LogP contribution in [0.15, 0.2) is 0 Å². The molecule has 16 heavy (non-hydrogen) atoms. The molecule has 0 saturated heterocycles. The Morgan fingerprint density at radius 1 is 1.31 bits per heavy atom. The zero-order chi connectivity index (χ0) is 12.0. The maximum atomic E-state index is 12.1. The Kier molecular flexibility index (Phi) is 6.04. The fraction of sp³-hybridized carbons (Fsp3) is 0.929. The van der Waals surface area contributed by atoms with Crippen LogP contribution in [0.3, 0.4) is 0 Å². The summed E-state index contributed by atoms with van der Waals surface area (Å²) in [4.78, 5) is 12.1. The normalized spacial score (nSPS) is 27.7. The molecule has 0 aromatic rings. The molecule has 1 aliphatic rings. The van der Waals surface area contributed by atoms with Crippen LogP contribution in [-0.2, 0) is 9.53 Å². The number of hydrogen-bond donors (Lipinski definition) is 0. The number of methoxy groups -OCH3 is 1. The summed E-state index contributed by atoms with van der Waals surface area (Å²) in [5.41, 5.74) is 0. The maximum absolute atomic E-state index is 12.1. The third kappa shape index (κ3) is 3.89. The molecule has 0 aromatic heterocycles. The number of rotatable bonds is 6. The van der Waals surface area contributed by atoms with E-state index in [1.807, 2.05) is 6.92 Å². The molecule has 0 amide bonds. The monoisotopic (exact) mass is 226 g/mol. The zero-order valence-corrected chi connectivity index (χ0v) is 11.0. The molecule has 0 aromatic carbocycles. The summed E-state index contributed by atoms with van der Waals surface area (Å²) in [5.74, 6) is 1.88. The molecule has 94 valence electrons. The van der Waals surface area contributed by atoms with Crippen molar-refractivity contribution in [2.24, 2.45) is 17.8 Å². The smallest absolute Gasteiger partial charge is 0.138 e. The van der Waals surface area contributed by atoms with Gasteiger partial charge in [0, 0.05) is 25.6 Å². The van der Waals surface area contributed by atoms with Crippen molar-refractivity contribution in [2.45, 2.75) is 52.4 Å². The molecule has 0 aliphatic heterocycles. The van der Waals surface area contributed by atoms with E-state index in [0.29, 0.717) is 18.3 Å². The first-order valence-electron chi connectivity index (χ1n) is 6.71. The van der Waals surface area contributed by atoms with Gasteiger partial charge in [0.05, 0.1) is 0 Å². The molecule has 1 rings (SSSR count). The van der Waals surface area contributed by atoms with Crippen molar-refractivity contribution in [1.82, 2.24) is 0 Å². The molecule has 0 bridgehead atoms. The van der Waals surface area contributed by atoms with Gasteiger partial charge < -0.3 is 4.74 Å². The van der Waals surface area contributed by atoms with E-state index in [9.17, 15) is 4.79 Å². The van der Waals surface area contributed by atoms with E-state index in [4.69, 9.17) is 4.74 Å². The molecule has 0 N–H and O–H groups in total. The fourth-order valence-corrected chi connectivity index (χ4v) is 2.69. The van der Waals surface area contributed by atoms with Crippen molar-refractivity contribution in [1.29, 1.82) is 0 Å². The third-order valence-electron chi connectivity index (χ3n) is 4.07. The molecule has 0 heterocycles. The Bertz CT molecular complexity index is 205. The second-order valence-electron chi connectivity index (χ2n) is 5.21. The van der Waals surface area contributed by atoms with E-state index in [1.165, 1.54) is 19.3 Å². The lowest BCUT2D eigenvalue weighted by molar-refractivity contribution is -0.128. The van der Waals surface area contributed by atoms with Crippen LogP contribution in [0.5, 0.6) is 0 Å². The first-order valence-corrected chi connectivity index (χ1v) is 6.71. The average molecular weight is 226 g/mol. The largest absolute Gasteiger partial charge is 0.385 e. The number of Topliss-reactive ketones (excluding diaryl/α,β-unsaturated/α-hetero) is 1. The summed E-state index contributed by atoms with van der Waals surface area (Å²) in [5, 5.41) is 0. The van der Waals surface area contributed by atoms with Gasteiger partial charge >= 0.3 is 0 Å². The molecule has 0 spiro atoms. The fourth-order valence-electron chi connectivity index (χ4n) is 2.69. The molecule has 2 nitrogen and oxygen atoms in total. The van der Waals surface area contributed by atoms with Gasteiger partial charge in [0.25, 0.3) is 0 Å². The Morgan fingerprint density at radius 2 is 1.94 bits per heavy atom. The molecular weight excluding hydrogens is 200 g/mol. The maximum Gasteiger partial charge on any atom is 0.138 e. The van der Waals surface area contributed by atoms with Gasteiger partial charge in [-0.15, -0.1) is 0 Å². The Hall–Kier alpha value is -0.370. The summed E-state index contributed by atoms with van der Waals surface area (Å²) in [6.07, 6.45) is 6.90. The molecule has 1 atom stereocenters. The Labute approximate surface area is 99.8 Å². The number of ether oxygens (including phenoxy) is 1. The van der Waals surface area contributed by atoms with Crippen LogP contribution >= 0.6 is 0 Å². The summed E-state index contributed by atoms with van der Waals surface area (Å²) >= 11 is 0. The van der Waals surface area contributed by atoms with Gasteiger partial charge in [-0.25, -0.2) is 0 Å².